The maximum atomic E-state index is 12.1. The van der Waals surface area contributed by atoms with Gasteiger partial charge in [-0.15, -0.1) is 0 Å². The second-order valence-corrected chi connectivity index (χ2v) is 6.49. The van der Waals surface area contributed by atoms with E-state index in [-0.39, 0.29) is 5.91 Å². The molecule has 98 valence electrons. The molecule has 0 bridgehead atoms. The third-order valence-corrected chi connectivity index (χ3v) is 5.22. The van der Waals surface area contributed by atoms with Gasteiger partial charge in [0.25, 0.3) is 5.91 Å². The fourth-order valence-corrected chi connectivity index (χ4v) is 4.13. The van der Waals surface area contributed by atoms with E-state index in [2.05, 4.69) is 10.3 Å². The van der Waals surface area contributed by atoms with Gasteiger partial charge in [-0.2, -0.15) is 0 Å². The SMILES string of the molecule is Nc1ncc(C(=O)NC2CCC3CCCCC32)s1. The number of nitrogens with one attached hydrogen (secondary N) is 1. The maximum Gasteiger partial charge on any atom is 0.263 e. The first-order chi connectivity index (χ1) is 8.74. The van der Waals surface area contributed by atoms with Crippen LogP contribution in [0.2, 0.25) is 0 Å². The maximum absolute atomic E-state index is 12.1. The average Bonchev–Trinajstić information content (AvgIpc) is 2.97. The fourth-order valence-electron chi connectivity index (χ4n) is 3.54. The Bertz CT molecular complexity index is 445. The number of nitrogens with two attached hydrogens (primary N) is 1. The number of fused-ring (bicyclic) bond motifs is 1. The molecule has 3 rings (SSSR count). The lowest BCUT2D eigenvalue weighted by molar-refractivity contribution is 0.0921. The van der Waals surface area contributed by atoms with Gasteiger partial charge in [0.2, 0.25) is 0 Å². The van der Waals surface area contributed by atoms with Gasteiger partial charge >= 0.3 is 0 Å². The molecule has 2 fully saturated rings. The molecule has 1 aromatic heterocycles. The first-order valence-corrected chi connectivity index (χ1v) is 7.58. The van der Waals surface area contributed by atoms with E-state index in [0.717, 1.165) is 12.3 Å². The van der Waals surface area contributed by atoms with Gasteiger partial charge in [0, 0.05) is 6.04 Å². The van der Waals surface area contributed by atoms with E-state index in [1.807, 2.05) is 0 Å². The second-order valence-electron chi connectivity index (χ2n) is 5.43. The topological polar surface area (TPSA) is 68.0 Å². The van der Waals surface area contributed by atoms with Crippen LogP contribution < -0.4 is 11.1 Å². The van der Waals surface area contributed by atoms with Crippen LogP contribution in [0.3, 0.4) is 0 Å². The van der Waals surface area contributed by atoms with E-state index >= 15 is 0 Å². The smallest absolute Gasteiger partial charge is 0.263 e. The highest BCUT2D eigenvalue weighted by Gasteiger charge is 2.38. The predicted octanol–water partition coefficient (Wildman–Crippen LogP) is 2.42. The summed E-state index contributed by atoms with van der Waals surface area (Å²) in [6.45, 7) is 0. The number of nitrogen functional groups attached to an aromatic ring is 1. The molecule has 0 saturated heterocycles. The summed E-state index contributed by atoms with van der Waals surface area (Å²) in [6, 6.07) is 0.367. The number of anilines is 1. The zero-order valence-electron chi connectivity index (χ0n) is 10.4. The second kappa shape index (κ2) is 4.88. The Morgan fingerprint density at radius 2 is 2.17 bits per heavy atom. The number of rotatable bonds is 2. The number of carbonyl (C=O) groups is 1. The van der Waals surface area contributed by atoms with Crippen molar-refractivity contribution < 1.29 is 4.79 Å². The number of hydrogen-bond acceptors (Lipinski definition) is 4. The van der Waals surface area contributed by atoms with E-state index in [1.165, 1.54) is 43.4 Å². The van der Waals surface area contributed by atoms with Crippen molar-refractivity contribution in [3.8, 4) is 0 Å². The molecular formula is C13H19N3OS. The van der Waals surface area contributed by atoms with Gasteiger partial charge in [0.15, 0.2) is 5.13 Å². The Kier molecular flexibility index (Phi) is 3.24. The summed E-state index contributed by atoms with van der Waals surface area (Å²) >= 11 is 1.26. The molecule has 0 spiro atoms. The highest BCUT2D eigenvalue weighted by atomic mass is 32.1. The molecule has 2 aliphatic rings. The largest absolute Gasteiger partial charge is 0.375 e. The summed E-state index contributed by atoms with van der Waals surface area (Å²) in [5, 5.41) is 3.64. The van der Waals surface area contributed by atoms with Crippen molar-refractivity contribution in [1.29, 1.82) is 0 Å². The molecule has 2 aliphatic carbocycles. The Balaban J connectivity index is 1.64. The molecular weight excluding hydrogens is 246 g/mol. The zero-order chi connectivity index (χ0) is 12.5. The molecule has 2 saturated carbocycles. The van der Waals surface area contributed by atoms with Crippen molar-refractivity contribution in [2.75, 3.05) is 5.73 Å². The number of carbonyl (C=O) groups excluding carboxylic acids is 1. The molecule has 18 heavy (non-hydrogen) atoms. The monoisotopic (exact) mass is 265 g/mol. The van der Waals surface area contributed by atoms with Crippen LogP contribution in [0.4, 0.5) is 5.13 Å². The summed E-state index contributed by atoms with van der Waals surface area (Å²) in [5.41, 5.74) is 5.56. The Morgan fingerprint density at radius 3 is 2.94 bits per heavy atom. The van der Waals surface area contributed by atoms with Crippen molar-refractivity contribution >= 4 is 22.4 Å². The van der Waals surface area contributed by atoms with Gasteiger partial charge in [-0.3, -0.25) is 4.79 Å². The molecule has 5 heteroatoms. The van der Waals surface area contributed by atoms with E-state index in [0.29, 0.717) is 22.0 Å². The van der Waals surface area contributed by atoms with Crippen molar-refractivity contribution in [3.05, 3.63) is 11.1 Å². The van der Waals surface area contributed by atoms with Crippen LogP contribution in [0.1, 0.15) is 48.2 Å². The normalized spacial score (nSPS) is 31.0. The number of hydrogen-bond donors (Lipinski definition) is 2. The standard InChI is InChI=1S/C13H19N3OS/c14-13-15-7-11(18-13)12(17)16-10-6-5-8-3-1-2-4-9(8)10/h7-10H,1-6H2,(H2,14,15)(H,16,17). The van der Waals surface area contributed by atoms with Crippen molar-refractivity contribution in [3.63, 3.8) is 0 Å². The van der Waals surface area contributed by atoms with E-state index < -0.39 is 0 Å². The Hall–Kier alpha value is -1.10. The van der Waals surface area contributed by atoms with Gasteiger partial charge in [0.1, 0.15) is 4.88 Å². The Labute approximate surface area is 111 Å². The average molecular weight is 265 g/mol. The molecule has 1 amide bonds. The van der Waals surface area contributed by atoms with Gasteiger partial charge in [-0.25, -0.2) is 4.98 Å². The first-order valence-electron chi connectivity index (χ1n) is 6.76. The number of amides is 1. The first kappa shape index (κ1) is 12.0. The van der Waals surface area contributed by atoms with Crippen LogP contribution in [0, 0.1) is 11.8 Å². The Morgan fingerprint density at radius 1 is 1.33 bits per heavy atom. The van der Waals surface area contributed by atoms with Gasteiger partial charge < -0.3 is 11.1 Å². The molecule has 0 aliphatic heterocycles. The molecule has 0 radical (unpaired) electrons. The lowest BCUT2D eigenvalue weighted by atomic mass is 9.80. The minimum atomic E-state index is 0.000392. The molecule has 3 atom stereocenters. The van der Waals surface area contributed by atoms with Crippen molar-refractivity contribution in [2.45, 2.75) is 44.6 Å². The van der Waals surface area contributed by atoms with E-state index in [4.69, 9.17) is 5.73 Å². The molecule has 1 heterocycles. The van der Waals surface area contributed by atoms with E-state index in [1.54, 1.807) is 6.20 Å². The minimum absolute atomic E-state index is 0.000392. The molecule has 3 unspecified atom stereocenters. The number of nitrogens with zero attached hydrogens (tertiary/aromatic N) is 1. The number of thiazole rings is 1. The van der Waals surface area contributed by atoms with Gasteiger partial charge in [-0.05, 0) is 31.1 Å². The summed E-state index contributed by atoms with van der Waals surface area (Å²) < 4.78 is 0. The summed E-state index contributed by atoms with van der Waals surface area (Å²) in [6.07, 6.45) is 9.30. The van der Waals surface area contributed by atoms with Crippen molar-refractivity contribution in [2.24, 2.45) is 11.8 Å². The van der Waals surface area contributed by atoms with Gasteiger partial charge in [-0.1, -0.05) is 30.6 Å². The van der Waals surface area contributed by atoms with Crippen LogP contribution in [0.5, 0.6) is 0 Å². The molecule has 1 aromatic rings. The van der Waals surface area contributed by atoms with Crippen molar-refractivity contribution in [1.82, 2.24) is 10.3 Å². The third kappa shape index (κ3) is 2.23. The summed E-state index contributed by atoms with van der Waals surface area (Å²) in [5.74, 6) is 1.55. The molecule has 3 N–H and O–H groups in total. The fraction of sp³-hybridized carbons (Fsp3) is 0.692. The van der Waals surface area contributed by atoms with Crippen LogP contribution in [0.25, 0.3) is 0 Å². The lowest BCUT2D eigenvalue weighted by Gasteiger charge is -2.29. The van der Waals surface area contributed by atoms with E-state index in [9.17, 15) is 4.79 Å². The lowest BCUT2D eigenvalue weighted by Crippen LogP contribution is -2.39. The summed E-state index contributed by atoms with van der Waals surface area (Å²) in [4.78, 5) is 16.7. The van der Waals surface area contributed by atoms with Crippen LogP contribution in [0.15, 0.2) is 6.20 Å². The van der Waals surface area contributed by atoms with Crippen LogP contribution in [-0.2, 0) is 0 Å². The molecule has 4 nitrogen and oxygen atoms in total. The zero-order valence-corrected chi connectivity index (χ0v) is 11.2. The number of aromatic nitrogens is 1. The quantitative estimate of drug-likeness (QED) is 0.863. The van der Waals surface area contributed by atoms with Gasteiger partial charge in [0.05, 0.1) is 6.20 Å². The van der Waals surface area contributed by atoms with Crippen LogP contribution in [-0.4, -0.2) is 16.9 Å². The summed E-state index contributed by atoms with van der Waals surface area (Å²) in [7, 11) is 0. The van der Waals surface area contributed by atoms with Crippen LogP contribution >= 0.6 is 11.3 Å². The highest BCUT2D eigenvalue weighted by Crippen LogP contribution is 2.42. The predicted molar refractivity (Wildman–Crippen MR) is 72.5 cm³/mol. The highest BCUT2D eigenvalue weighted by molar-refractivity contribution is 7.17. The third-order valence-electron chi connectivity index (χ3n) is 4.40. The minimum Gasteiger partial charge on any atom is -0.375 e. The molecule has 0 aromatic carbocycles.